The summed E-state index contributed by atoms with van der Waals surface area (Å²) < 4.78 is 40.1. The van der Waals surface area contributed by atoms with Crippen LogP contribution in [-0.4, -0.2) is 31.3 Å². The first-order chi connectivity index (χ1) is 7.35. The normalized spacial score (nSPS) is 13.6. The number of ether oxygens (including phenoxy) is 1. The van der Waals surface area contributed by atoms with Crippen LogP contribution in [-0.2, 0) is 9.53 Å². The number of carbonyl (C=O) groups excluding carboxylic acids is 1. The van der Waals surface area contributed by atoms with E-state index in [1.165, 1.54) is 0 Å². The smallest absolute Gasteiger partial charge is 0.389 e. The highest BCUT2D eigenvalue weighted by atomic mass is 19.4. The molecule has 0 saturated carbocycles. The molecule has 0 amide bonds. The molecule has 96 valence electrons. The van der Waals surface area contributed by atoms with Crippen molar-refractivity contribution in [3.8, 4) is 0 Å². The van der Waals surface area contributed by atoms with Gasteiger partial charge >= 0.3 is 12.1 Å². The Hall–Kier alpha value is -0.780. The number of halogens is 3. The lowest BCUT2D eigenvalue weighted by Gasteiger charge is -2.13. The van der Waals surface area contributed by atoms with Gasteiger partial charge in [-0.25, -0.2) is 0 Å². The van der Waals surface area contributed by atoms with E-state index in [0.29, 0.717) is 13.0 Å². The molecule has 0 saturated heterocycles. The maximum Gasteiger partial charge on any atom is 0.389 e. The van der Waals surface area contributed by atoms with Crippen LogP contribution in [0.3, 0.4) is 0 Å². The number of carbonyl (C=O) groups is 1. The maximum atomic E-state index is 11.8. The predicted octanol–water partition coefficient (Wildman–Crippen LogP) is 2.26. The van der Waals surface area contributed by atoms with Crippen molar-refractivity contribution in [2.45, 2.75) is 45.3 Å². The minimum Gasteiger partial charge on any atom is -0.465 e. The molecule has 16 heavy (non-hydrogen) atoms. The number of hydrogen-bond acceptors (Lipinski definition) is 3. The summed E-state index contributed by atoms with van der Waals surface area (Å²) in [6.07, 6.45) is -4.42. The van der Waals surface area contributed by atoms with Crippen molar-refractivity contribution in [1.29, 1.82) is 0 Å². The van der Waals surface area contributed by atoms with Crippen LogP contribution >= 0.6 is 0 Å². The Morgan fingerprint density at radius 2 is 2.06 bits per heavy atom. The van der Waals surface area contributed by atoms with Gasteiger partial charge in [0.15, 0.2) is 0 Å². The summed E-state index contributed by atoms with van der Waals surface area (Å²) in [5, 5.41) is 2.81. The summed E-state index contributed by atoms with van der Waals surface area (Å²) in [6.45, 7) is 3.80. The first-order valence-electron chi connectivity index (χ1n) is 5.31. The lowest BCUT2D eigenvalue weighted by atomic mass is 10.1. The van der Waals surface area contributed by atoms with Gasteiger partial charge < -0.3 is 10.1 Å². The highest BCUT2D eigenvalue weighted by Gasteiger charge is 2.26. The summed E-state index contributed by atoms with van der Waals surface area (Å²) in [7, 11) is 0. The van der Waals surface area contributed by atoms with Gasteiger partial charge in [0, 0.05) is 12.5 Å². The molecule has 0 radical (unpaired) electrons. The first-order valence-corrected chi connectivity index (χ1v) is 5.31. The second kappa shape index (κ2) is 7.49. The Labute approximate surface area is 93.3 Å². The van der Waals surface area contributed by atoms with Crippen molar-refractivity contribution >= 4 is 5.97 Å². The number of esters is 1. The molecule has 0 fully saturated rings. The summed E-state index contributed by atoms with van der Waals surface area (Å²) in [4.78, 5) is 10.9. The van der Waals surface area contributed by atoms with Crippen LogP contribution in [0.15, 0.2) is 0 Å². The number of alkyl halides is 3. The Morgan fingerprint density at radius 3 is 2.56 bits per heavy atom. The van der Waals surface area contributed by atoms with E-state index in [0.717, 1.165) is 0 Å². The first kappa shape index (κ1) is 15.2. The van der Waals surface area contributed by atoms with E-state index < -0.39 is 12.6 Å². The summed E-state index contributed by atoms with van der Waals surface area (Å²) in [5.74, 6) is -0.384. The summed E-state index contributed by atoms with van der Waals surface area (Å²) in [5.41, 5.74) is 0. The van der Waals surface area contributed by atoms with Gasteiger partial charge in [-0.3, -0.25) is 4.79 Å². The molecule has 1 N–H and O–H groups in total. The Morgan fingerprint density at radius 1 is 1.44 bits per heavy atom. The minimum absolute atomic E-state index is 0.0427. The van der Waals surface area contributed by atoms with E-state index in [1.807, 2.05) is 0 Å². The largest absolute Gasteiger partial charge is 0.465 e. The van der Waals surface area contributed by atoms with Crippen molar-refractivity contribution in [1.82, 2.24) is 5.32 Å². The zero-order valence-electron chi connectivity index (χ0n) is 9.56. The quantitative estimate of drug-likeness (QED) is 0.695. The molecule has 0 heterocycles. The van der Waals surface area contributed by atoms with Crippen LogP contribution < -0.4 is 5.32 Å². The van der Waals surface area contributed by atoms with Gasteiger partial charge in [-0.2, -0.15) is 13.2 Å². The van der Waals surface area contributed by atoms with Crippen LogP contribution in [0.5, 0.6) is 0 Å². The monoisotopic (exact) mass is 241 g/mol. The van der Waals surface area contributed by atoms with Crippen molar-refractivity contribution < 1.29 is 22.7 Å². The average Bonchev–Trinajstić information content (AvgIpc) is 2.13. The molecule has 0 aliphatic heterocycles. The molecule has 0 spiro atoms. The molecular weight excluding hydrogens is 223 g/mol. The molecule has 1 atom stereocenters. The van der Waals surface area contributed by atoms with Crippen molar-refractivity contribution in [3.63, 3.8) is 0 Å². The molecule has 0 aliphatic rings. The highest BCUT2D eigenvalue weighted by molar-refractivity contribution is 5.71. The van der Waals surface area contributed by atoms with E-state index in [1.54, 1.807) is 13.8 Å². The Kier molecular flexibility index (Phi) is 7.12. The molecule has 0 aromatic heterocycles. The van der Waals surface area contributed by atoms with Crippen molar-refractivity contribution in [2.75, 3.05) is 13.2 Å². The number of rotatable bonds is 7. The fraction of sp³-hybridized carbons (Fsp3) is 0.900. The Bertz CT molecular complexity index is 207. The van der Waals surface area contributed by atoms with Gasteiger partial charge in [-0.15, -0.1) is 0 Å². The van der Waals surface area contributed by atoms with Crippen molar-refractivity contribution in [3.05, 3.63) is 0 Å². The summed E-state index contributed by atoms with van der Waals surface area (Å²) in [6, 6.07) is -0.119. The van der Waals surface area contributed by atoms with E-state index in [2.05, 4.69) is 10.1 Å². The molecular formula is C10H18F3NO2. The lowest BCUT2D eigenvalue weighted by Crippen LogP contribution is -2.32. The summed E-state index contributed by atoms with van der Waals surface area (Å²) >= 11 is 0. The molecule has 3 nitrogen and oxygen atoms in total. The van der Waals surface area contributed by atoms with E-state index in [9.17, 15) is 18.0 Å². The second-order valence-electron chi connectivity index (χ2n) is 3.59. The van der Waals surface area contributed by atoms with Gasteiger partial charge in [0.25, 0.3) is 0 Å². The van der Waals surface area contributed by atoms with Crippen LogP contribution in [0.4, 0.5) is 13.2 Å². The molecule has 0 aliphatic carbocycles. The van der Waals surface area contributed by atoms with Gasteiger partial charge in [0.2, 0.25) is 0 Å². The number of nitrogens with one attached hydrogen (secondary N) is 1. The standard InChI is InChI=1S/C10H18F3NO2/c1-3-16-9(15)7-14-8(2)5-4-6-10(11,12)13/h8,14H,3-7H2,1-2H3. The second-order valence-corrected chi connectivity index (χ2v) is 3.59. The number of hydrogen-bond donors (Lipinski definition) is 1. The molecule has 0 bridgehead atoms. The fourth-order valence-electron chi connectivity index (χ4n) is 1.18. The van der Waals surface area contributed by atoms with Gasteiger partial charge in [-0.05, 0) is 26.7 Å². The maximum absolute atomic E-state index is 11.8. The third-order valence-corrected chi connectivity index (χ3v) is 2.00. The molecule has 0 aromatic carbocycles. The van der Waals surface area contributed by atoms with E-state index in [4.69, 9.17) is 0 Å². The van der Waals surface area contributed by atoms with Gasteiger partial charge in [-0.1, -0.05) is 0 Å². The average molecular weight is 241 g/mol. The highest BCUT2D eigenvalue weighted by Crippen LogP contribution is 2.22. The molecule has 1 unspecified atom stereocenters. The Balaban J connectivity index is 3.52. The van der Waals surface area contributed by atoms with Crippen LogP contribution in [0, 0.1) is 0 Å². The molecule has 0 aromatic rings. The van der Waals surface area contributed by atoms with E-state index in [-0.39, 0.29) is 25.0 Å². The third-order valence-electron chi connectivity index (χ3n) is 2.00. The fourth-order valence-corrected chi connectivity index (χ4v) is 1.18. The van der Waals surface area contributed by atoms with Crippen molar-refractivity contribution in [2.24, 2.45) is 0 Å². The zero-order chi connectivity index (χ0) is 12.6. The third kappa shape index (κ3) is 9.76. The van der Waals surface area contributed by atoms with Crippen LogP contribution in [0.1, 0.15) is 33.1 Å². The van der Waals surface area contributed by atoms with Crippen LogP contribution in [0.2, 0.25) is 0 Å². The zero-order valence-corrected chi connectivity index (χ0v) is 9.56. The predicted molar refractivity (Wildman–Crippen MR) is 54.0 cm³/mol. The van der Waals surface area contributed by atoms with E-state index >= 15 is 0 Å². The lowest BCUT2D eigenvalue weighted by molar-refractivity contribution is -0.142. The van der Waals surface area contributed by atoms with Gasteiger partial charge in [0.1, 0.15) is 0 Å². The van der Waals surface area contributed by atoms with Crippen LogP contribution in [0.25, 0.3) is 0 Å². The molecule has 0 rings (SSSR count). The minimum atomic E-state index is -4.10. The molecule has 6 heteroatoms. The topological polar surface area (TPSA) is 38.3 Å². The van der Waals surface area contributed by atoms with Gasteiger partial charge in [0.05, 0.1) is 13.2 Å². The SMILES string of the molecule is CCOC(=O)CNC(C)CCCC(F)(F)F.